The zero-order chi connectivity index (χ0) is 29.4. The number of carbonyl (C=O) groups is 2. The van der Waals surface area contributed by atoms with E-state index >= 15 is 0 Å². The predicted molar refractivity (Wildman–Crippen MR) is 161 cm³/mol. The normalized spacial score (nSPS) is 12.2. The van der Waals surface area contributed by atoms with E-state index in [9.17, 15) is 18.0 Å². The minimum Gasteiger partial charge on any atom is -0.354 e. The minimum absolute atomic E-state index is 0.00866. The van der Waals surface area contributed by atoms with Gasteiger partial charge in [0.05, 0.1) is 15.6 Å². The molecule has 0 aliphatic heterocycles. The van der Waals surface area contributed by atoms with Crippen molar-refractivity contribution in [1.29, 1.82) is 0 Å². The van der Waals surface area contributed by atoms with Crippen LogP contribution in [0.5, 0.6) is 0 Å². The molecule has 0 unspecified atom stereocenters. The van der Waals surface area contributed by atoms with E-state index in [0.29, 0.717) is 13.0 Å². The Morgan fingerprint density at radius 3 is 2.20 bits per heavy atom. The Morgan fingerprint density at radius 1 is 0.950 bits per heavy atom. The molecular weight excluding hydrogens is 569 g/mol. The number of anilines is 1. The zero-order valence-electron chi connectivity index (χ0n) is 23.1. The average molecular weight is 605 g/mol. The molecular formula is C30H35Cl2N3O4S. The van der Waals surface area contributed by atoms with Crippen molar-refractivity contribution in [2.75, 3.05) is 17.4 Å². The van der Waals surface area contributed by atoms with Crippen LogP contribution in [0.4, 0.5) is 5.69 Å². The first-order chi connectivity index (χ1) is 18.9. The molecule has 1 N–H and O–H groups in total. The number of hydrogen-bond donors (Lipinski definition) is 1. The molecule has 3 aromatic carbocycles. The van der Waals surface area contributed by atoms with E-state index in [-0.39, 0.29) is 39.0 Å². The van der Waals surface area contributed by atoms with E-state index in [1.54, 1.807) is 24.3 Å². The summed E-state index contributed by atoms with van der Waals surface area (Å²) in [4.78, 5) is 28.8. The standard InChI is InChI=1S/C30H35Cl2N3O4S/c1-5-27(30(37)33-18-21(2)3)34(19-23-13-11-22(4)12-14-23)29(36)20-35(28-17-24(31)15-16-26(28)32)40(38,39)25-9-7-6-8-10-25/h6-17,21,27H,5,18-20H2,1-4H3,(H,33,37)/t27-/m0/s1. The van der Waals surface area contributed by atoms with Gasteiger partial charge in [-0.1, -0.05) is 92.0 Å². The van der Waals surface area contributed by atoms with Gasteiger partial charge in [-0.25, -0.2) is 8.42 Å². The van der Waals surface area contributed by atoms with Gasteiger partial charge < -0.3 is 10.2 Å². The molecule has 0 radical (unpaired) electrons. The first-order valence-corrected chi connectivity index (χ1v) is 15.3. The van der Waals surface area contributed by atoms with E-state index < -0.39 is 28.5 Å². The Morgan fingerprint density at radius 2 is 1.60 bits per heavy atom. The molecule has 7 nitrogen and oxygen atoms in total. The number of benzene rings is 3. The molecule has 214 valence electrons. The van der Waals surface area contributed by atoms with Crippen molar-refractivity contribution in [3.63, 3.8) is 0 Å². The van der Waals surface area contributed by atoms with Crippen molar-refractivity contribution in [3.8, 4) is 0 Å². The van der Waals surface area contributed by atoms with Crippen LogP contribution >= 0.6 is 23.2 Å². The van der Waals surface area contributed by atoms with Crippen LogP contribution in [0.25, 0.3) is 0 Å². The lowest BCUT2D eigenvalue weighted by Crippen LogP contribution is -2.52. The molecule has 0 aliphatic rings. The van der Waals surface area contributed by atoms with E-state index in [0.717, 1.165) is 15.4 Å². The van der Waals surface area contributed by atoms with Crippen molar-refractivity contribution in [3.05, 3.63) is 94.0 Å². The first kappa shape index (κ1) is 31.5. The number of nitrogens with zero attached hydrogens (tertiary/aromatic N) is 2. The molecule has 0 spiro atoms. The summed E-state index contributed by atoms with van der Waals surface area (Å²) in [7, 11) is -4.23. The van der Waals surface area contributed by atoms with Crippen LogP contribution in [0, 0.1) is 12.8 Å². The molecule has 0 saturated heterocycles. The third-order valence-corrected chi connectivity index (χ3v) is 8.66. The van der Waals surface area contributed by atoms with Crippen LogP contribution in [-0.2, 0) is 26.2 Å². The highest BCUT2D eigenvalue weighted by Crippen LogP contribution is 2.33. The summed E-state index contributed by atoms with van der Waals surface area (Å²) < 4.78 is 28.7. The molecule has 0 fully saturated rings. The number of aryl methyl sites for hydroxylation is 1. The fourth-order valence-corrected chi connectivity index (χ4v) is 6.02. The summed E-state index contributed by atoms with van der Waals surface area (Å²) in [5.41, 5.74) is 1.94. The lowest BCUT2D eigenvalue weighted by atomic mass is 10.1. The van der Waals surface area contributed by atoms with Gasteiger partial charge in [-0.05, 0) is 55.2 Å². The average Bonchev–Trinajstić information content (AvgIpc) is 2.93. The molecule has 0 saturated carbocycles. The summed E-state index contributed by atoms with van der Waals surface area (Å²) in [5.74, 6) is -0.628. The maximum absolute atomic E-state index is 14.1. The van der Waals surface area contributed by atoms with Crippen LogP contribution in [0.3, 0.4) is 0 Å². The quantitative estimate of drug-likeness (QED) is 0.272. The SMILES string of the molecule is CC[C@@H](C(=O)NCC(C)C)N(Cc1ccc(C)cc1)C(=O)CN(c1cc(Cl)ccc1Cl)S(=O)(=O)c1ccccc1. The summed E-state index contributed by atoms with van der Waals surface area (Å²) in [6, 6.07) is 19.0. The molecule has 2 amide bonds. The summed E-state index contributed by atoms with van der Waals surface area (Å²) in [6.07, 6.45) is 0.338. The number of amides is 2. The molecule has 3 rings (SSSR count). The fourth-order valence-electron chi connectivity index (χ4n) is 4.14. The molecule has 3 aromatic rings. The van der Waals surface area contributed by atoms with Gasteiger partial charge >= 0.3 is 0 Å². The molecule has 10 heteroatoms. The molecule has 0 aliphatic carbocycles. The Bertz CT molecular complexity index is 1410. The maximum Gasteiger partial charge on any atom is 0.264 e. The Labute approximate surface area is 247 Å². The third kappa shape index (κ3) is 7.99. The lowest BCUT2D eigenvalue weighted by Gasteiger charge is -2.33. The van der Waals surface area contributed by atoms with Gasteiger partial charge in [0.2, 0.25) is 11.8 Å². The molecule has 0 bridgehead atoms. The second-order valence-corrected chi connectivity index (χ2v) is 12.7. The van der Waals surface area contributed by atoms with E-state index in [2.05, 4.69) is 5.32 Å². The van der Waals surface area contributed by atoms with Crippen LogP contribution in [0.2, 0.25) is 10.0 Å². The molecule has 0 aromatic heterocycles. The van der Waals surface area contributed by atoms with Crippen molar-refractivity contribution in [1.82, 2.24) is 10.2 Å². The molecule has 1 atom stereocenters. The van der Waals surface area contributed by atoms with Gasteiger partial charge in [0.1, 0.15) is 12.6 Å². The van der Waals surface area contributed by atoms with Gasteiger partial charge in [-0.15, -0.1) is 0 Å². The highest BCUT2D eigenvalue weighted by Gasteiger charge is 2.34. The second-order valence-electron chi connectivity index (χ2n) is 9.99. The number of hydrogen-bond acceptors (Lipinski definition) is 4. The van der Waals surface area contributed by atoms with Gasteiger partial charge in [0.15, 0.2) is 0 Å². The monoisotopic (exact) mass is 603 g/mol. The van der Waals surface area contributed by atoms with E-state index in [1.807, 2.05) is 52.0 Å². The fraction of sp³-hybridized carbons (Fsp3) is 0.333. The Hall–Kier alpha value is -3.07. The number of nitrogens with one attached hydrogen (secondary N) is 1. The van der Waals surface area contributed by atoms with Crippen molar-refractivity contribution >= 4 is 50.7 Å². The largest absolute Gasteiger partial charge is 0.354 e. The maximum atomic E-state index is 14.1. The van der Waals surface area contributed by atoms with Crippen molar-refractivity contribution in [2.45, 2.75) is 51.6 Å². The predicted octanol–water partition coefficient (Wildman–Crippen LogP) is 6.08. The molecule has 0 heterocycles. The summed E-state index contributed by atoms with van der Waals surface area (Å²) in [5, 5.41) is 3.29. The van der Waals surface area contributed by atoms with E-state index in [4.69, 9.17) is 23.2 Å². The zero-order valence-corrected chi connectivity index (χ0v) is 25.4. The van der Waals surface area contributed by atoms with Crippen molar-refractivity contribution in [2.24, 2.45) is 5.92 Å². The number of carbonyl (C=O) groups excluding carboxylic acids is 2. The van der Waals surface area contributed by atoms with Gasteiger partial charge in [0, 0.05) is 18.1 Å². The number of sulfonamides is 1. The van der Waals surface area contributed by atoms with Gasteiger partial charge in [-0.2, -0.15) is 0 Å². The van der Waals surface area contributed by atoms with Crippen LogP contribution in [-0.4, -0.2) is 44.3 Å². The minimum atomic E-state index is -4.23. The Kier molecular flexibility index (Phi) is 11.0. The highest BCUT2D eigenvalue weighted by atomic mass is 35.5. The van der Waals surface area contributed by atoms with Crippen LogP contribution in [0.15, 0.2) is 77.7 Å². The van der Waals surface area contributed by atoms with Crippen LogP contribution in [0.1, 0.15) is 38.3 Å². The number of halogens is 2. The second kappa shape index (κ2) is 14.0. The molecule has 40 heavy (non-hydrogen) atoms. The topological polar surface area (TPSA) is 86.8 Å². The van der Waals surface area contributed by atoms with Crippen molar-refractivity contribution < 1.29 is 18.0 Å². The lowest BCUT2D eigenvalue weighted by molar-refractivity contribution is -0.140. The first-order valence-electron chi connectivity index (χ1n) is 13.1. The smallest absolute Gasteiger partial charge is 0.264 e. The van der Waals surface area contributed by atoms with Gasteiger partial charge in [0.25, 0.3) is 10.0 Å². The van der Waals surface area contributed by atoms with E-state index in [1.165, 1.54) is 29.2 Å². The summed E-state index contributed by atoms with van der Waals surface area (Å²) >= 11 is 12.7. The van der Waals surface area contributed by atoms with Gasteiger partial charge in [-0.3, -0.25) is 13.9 Å². The Balaban J connectivity index is 2.07. The third-order valence-electron chi connectivity index (χ3n) is 6.33. The summed E-state index contributed by atoms with van der Waals surface area (Å²) in [6.45, 7) is 7.74. The number of rotatable bonds is 12. The van der Waals surface area contributed by atoms with Crippen LogP contribution < -0.4 is 9.62 Å². The highest BCUT2D eigenvalue weighted by molar-refractivity contribution is 7.92.